The van der Waals surface area contributed by atoms with E-state index in [0.717, 1.165) is 33.5 Å². The van der Waals surface area contributed by atoms with Crippen LogP contribution in [0.25, 0.3) is 0 Å². The highest BCUT2D eigenvalue weighted by Crippen LogP contribution is 2.20. The number of thiazole rings is 1. The zero-order valence-electron chi connectivity index (χ0n) is 9.25. The molecular formula is C12H13ClN2S. The van der Waals surface area contributed by atoms with Crippen molar-refractivity contribution in [3.63, 3.8) is 0 Å². The Morgan fingerprint density at radius 3 is 2.81 bits per heavy atom. The molecule has 0 amide bonds. The summed E-state index contributed by atoms with van der Waals surface area (Å²) in [6.07, 6.45) is 0. The summed E-state index contributed by atoms with van der Waals surface area (Å²) in [7, 11) is 0. The number of aromatic nitrogens is 1. The predicted octanol–water partition coefficient (Wildman–Crippen LogP) is 4.03. The summed E-state index contributed by atoms with van der Waals surface area (Å²) in [6.45, 7) is 4.75. The molecule has 0 radical (unpaired) electrons. The first kappa shape index (κ1) is 11.4. The highest BCUT2D eigenvalue weighted by atomic mass is 35.5. The minimum atomic E-state index is 0.748. The Kier molecular flexibility index (Phi) is 3.46. The summed E-state index contributed by atoms with van der Waals surface area (Å²) in [4.78, 5) is 4.39. The summed E-state index contributed by atoms with van der Waals surface area (Å²) in [5, 5.41) is 7.24. The van der Waals surface area contributed by atoms with E-state index in [1.165, 1.54) is 0 Å². The molecule has 0 aliphatic carbocycles. The van der Waals surface area contributed by atoms with Crippen molar-refractivity contribution in [2.75, 3.05) is 5.32 Å². The average Bonchev–Trinajstić information content (AvgIpc) is 2.66. The topological polar surface area (TPSA) is 24.9 Å². The molecule has 0 bridgehead atoms. The van der Waals surface area contributed by atoms with E-state index in [9.17, 15) is 0 Å². The molecule has 1 heterocycles. The molecule has 2 aromatic rings. The van der Waals surface area contributed by atoms with Gasteiger partial charge in [-0.05, 0) is 31.5 Å². The van der Waals surface area contributed by atoms with Crippen LogP contribution >= 0.6 is 22.9 Å². The molecule has 4 heteroatoms. The van der Waals surface area contributed by atoms with Crippen LogP contribution < -0.4 is 5.32 Å². The number of hydrogen-bond donors (Lipinski definition) is 1. The summed E-state index contributed by atoms with van der Waals surface area (Å²) >= 11 is 7.72. The van der Waals surface area contributed by atoms with Gasteiger partial charge in [-0.3, -0.25) is 0 Å². The van der Waals surface area contributed by atoms with E-state index in [0.29, 0.717) is 0 Å². The second kappa shape index (κ2) is 4.85. The Bertz CT molecular complexity index is 494. The van der Waals surface area contributed by atoms with Gasteiger partial charge in [0.15, 0.2) is 0 Å². The first-order valence-corrected chi connectivity index (χ1v) is 6.32. The molecule has 84 valence electrons. The number of benzene rings is 1. The van der Waals surface area contributed by atoms with Crippen LogP contribution in [0.15, 0.2) is 23.6 Å². The number of halogens is 1. The lowest BCUT2D eigenvalue weighted by molar-refractivity contribution is 1.08. The van der Waals surface area contributed by atoms with Crippen molar-refractivity contribution in [3.05, 3.63) is 44.9 Å². The molecule has 1 aromatic carbocycles. The average molecular weight is 253 g/mol. The maximum Gasteiger partial charge on any atom is 0.112 e. The SMILES string of the molecule is Cc1csc(CNc2ccc(C)c(Cl)c2)n1. The number of anilines is 1. The van der Waals surface area contributed by atoms with Crippen LogP contribution in [0.3, 0.4) is 0 Å². The molecule has 0 saturated heterocycles. The van der Waals surface area contributed by atoms with Crippen LogP contribution in [0.5, 0.6) is 0 Å². The van der Waals surface area contributed by atoms with Gasteiger partial charge in [-0.25, -0.2) is 4.98 Å². The molecule has 1 N–H and O–H groups in total. The van der Waals surface area contributed by atoms with Gasteiger partial charge in [0.25, 0.3) is 0 Å². The van der Waals surface area contributed by atoms with E-state index in [1.807, 2.05) is 32.0 Å². The van der Waals surface area contributed by atoms with Gasteiger partial charge in [0.1, 0.15) is 5.01 Å². The van der Waals surface area contributed by atoms with Crippen molar-refractivity contribution >= 4 is 28.6 Å². The van der Waals surface area contributed by atoms with Gasteiger partial charge in [-0.1, -0.05) is 17.7 Å². The Morgan fingerprint density at radius 1 is 1.38 bits per heavy atom. The maximum absolute atomic E-state index is 6.05. The molecule has 0 spiro atoms. The van der Waals surface area contributed by atoms with Crippen LogP contribution in [0, 0.1) is 13.8 Å². The normalized spacial score (nSPS) is 10.4. The first-order valence-electron chi connectivity index (χ1n) is 5.06. The third kappa shape index (κ3) is 2.74. The molecule has 0 saturated carbocycles. The Morgan fingerprint density at radius 2 is 2.19 bits per heavy atom. The van der Waals surface area contributed by atoms with E-state index in [4.69, 9.17) is 11.6 Å². The lowest BCUT2D eigenvalue weighted by Gasteiger charge is -2.05. The number of rotatable bonds is 3. The van der Waals surface area contributed by atoms with Crippen LogP contribution in [0.1, 0.15) is 16.3 Å². The highest BCUT2D eigenvalue weighted by molar-refractivity contribution is 7.09. The lowest BCUT2D eigenvalue weighted by Crippen LogP contribution is -1.99. The molecule has 0 aliphatic heterocycles. The number of nitrogens with one attached hydrogen (secondary N) is 1. The number of hydrogen-bond acceptors (Lipinski definition) is 3. The minimum Gasteiger partial charge on any atom is -0.378 e. The monoisotopic (exact) mass is 252 g/mol. The van der Waals surface area contributed by atoms with Gasteiger partial charge in [-0.15, -0.1) is 11.3 Å². The molecule has 1 aromatic heterocycles. The number of nitrogens with zero attached hydrogens (tertiary/aromatic N) is 1. The van der Waals surface area contributed by atoms with Crippen molar-refractivity contribution in [2.45, 2.75) is 20.4 Å². The molecule has 0 unspecified atom stereocenters. The third-order valence-electron chi connectivity index (χ3n) is 2.28. The van der Waals surface area contributed by atoms with Gasteiger partial charge >= 0.3 is 0 Å². The molecule has 0 atom stereocenters. The highest BCUT2D eigenvalue weighted by Gasteiger charge is 2.00. The summed E-state index contributed by atoms with van der Waals surface area (Å²) in [6, 6.07) is 5.98. The first-order chi connectivity index (χ1) is 7.65. The summed E-state index contributed by atoms with van der Waals surface area (Å²) in [5.74, 6) is 0. The second-order valence-electron chi connectivity index (χ2n) is 3.70. The Balaban J connectivity index is 2.02. The Hall–Kier alpha value is -1.06. The maximum atomic E-state index is 6.05. The summed E-state index contributed by atoms with van der Waals surface area (Å²) < 4.78 is 0. The predicted molar refractivity (Wildman–Crippen MR) is 70.4 cm³/mol. The van der Waals surface area contributed by atoms with Crippen LogP contribution in [0.4, 0.5) is 5.69 Å². The van der Waals surface area contributed by atoms with E-state index >= 15 is 0 Å². The summed E-state index contributed by atoms with van der Waals surface area (Å²) in [5.41, 5.74) is 3.20. The van der Waals surface area contributed by atoms with Crippen molar-refractivity contribution in [1.29, 1.82) is 0 Å². The van der Waals surface area contributed by atoms with Crippen LogP contribution in [-0.4, -0.2) is 4.98 Å². The van der Waals surface area contributed by atoms with Crippen molar-refractivity contribution in [3.8, 4) is 0 Å². The molecule has 0 aliphatic rings. The van der Waals surface area contributed by atoms with Crippen LogP contribution in [0.2, 0.25) is 5.02 Å². The van der Waals surface area contributed by atoms with Gasteiger partial charge in [0.05, 0.1) is 6.54 Å². The lowest BCUT2D eigenvalue weighted by atomic mass is 10.2. The Labute approximate surface area is 104 Å². The fourth-order valence-electron chi connectivity index (χ4n) is 1.36. The van der Waals surface area contributed by atoms with Gasteiger partial charge in [0.2, 0.25) is 0 Å². The van der Waals surface area contributed by atoms with Gasteiger partial charge in [-0.2, -0.15) is 0 Å². The largest absolute Gasteiger partial charge is 0.378 e. The fraction of sp³-hybridized carbons (Fsp3) is 0.250. The van der Waals surface area contributed by atoms with E-state index in [2.05, 4.69) is 15.7 Å². The molecular weight excluding hydrogens is 240 g/mol. The van der Waals surface area contributed by atoms with E-state index in [-0.39, 0.29) is 0 Å². The van der Waals surface area contributed by atoms with Crippen LogP contribution in [-0.2, 0) is 6.54 Å². The van der Waals surface area contributed by atoms with Crippen molar-refractivity contribution < 1.29 is 0 Å². The standard InChI is InChI=1S/C12H13ClN2S/c1-8-3-4-10(5-11(8)13)14-6-12-15-9(2)7-16-12/h3-5,7,14H,6H2,1-2H3. The van der Waals surface area contributed by atoms with Gasteiger partial charge in [0, 0.05) is 21.8 Å². The fourth-order valence-corrected chi connectivity index (χ4v) is 2.26. The minimum absolute atomic E-state index is 0.748. The van der Waals surface area contributed by atoms with Crippen molar-refractivity contribution in [2.24, 2.45) is 0 Å². The molecule has 16 heavy (non-hydrogen) atoms. The molecule has 2 nitrogen and oxygen atoms in total. The molecule has 0 fully saturated rings. The smallest absolute Gasteiger partial charge is 0.112 e. The zero-order chi connectivity index (χ0) is 11.5. The third-order valence-corrected chi connectivity index (χ3v) is 3.66. The zero-order valence-corrected chi connectivity index (χ0v) is 10.8. The van der Waals surface area contributed by atoms with Gasteiger partial charge < -0.3 is 5.32 Å². The van der Waals surface area contributed by atoms with Crippen molar-refractivity contribution in [1.82, 2.24) is 4.98 Å². The van der Waals surface area contributed by atoms with E-state index in [1.54, 1.807) is 11.3 Å². The second-order valence-corrected chi connectivity index (χ2v) is 5.05. The van der Waals surface area contributed by atoms with E-state index < -0.39 is 0 Å². The number of aryl methyl sites for hydroxylation is 2. The quantitative estimate of drug-likeness (QED) is 0.892. The molecule has 2 rings (SSSR count).